The summed E-state index contributed by atoms with van der Waals surface area (Å²) in [5.74, 6) is 0.655. The van der Waals surface area contributed by atoms with E-state index in [0.29, 0.717) is 5.92 Å². The summed E-state index contributed by atoms with van der Waals surface area (Å²) in [7, 11) is 0. The molecular formula is C12H16N2. The molecule has 2 nitrogen and oxygen atoms in total. The Hall–Kier alpha value is -1.31. The minimum Gasteiger partial charge on any atom is -0.335 e. The fraction of sp³-hybridized carbons (Fsp3) is 0.417. The Kier molecular flexibility index (Phi) is 2.82. The molecule has 0 spiro atoms. The second-order valence-corrected chi connectivity index (χ2v) is 3.68. The van der Waals surface area contributed by atoms with E-state index in [4.69, 9.17) is 0 Å². The lowest BCUT2D eigenvalue weighted by atomic mass is 9.96. The van der Waals surface area contributed by atoms with Gasteiger partial charge in [-0.1, -0.05) is 24.3 Å². The Morgan fingerprint density at radius 1 is 1.50 bits per heavy atom. The molecule has 0 amide bonds. The molecular weight excluding hydrogens is 172 g/mol. The molecule has 1 heterocycles. The Balaban J connectivity index is 2.03. The van der Waals surface area contributed by atoms with Gasteiger partial charge < -0.3 is 4.57 Å². The van der Waals surface area contributed by atoms with Gasteiger partial charge in [-0.15, -0.1) is 0 Å². The van der Waals surface area contributed by atoms with Crippen molar-refractivity contribution in [2.75, 3.05) is 0 Å². The molecule has 1 unspecified atom stereocenters. The van der Waals surface area contributed by atoms with Gasteiger partial charge in [-0.2, -0.15) is 0 Å². The third-order valence-electron chi connectivity index (χ3n) is 2.68. The van der Waals surface area contributed by atoms with Gasteiger partial charge in [0.25, 0.3) is 0 Å². The molecule has 1 aliphatic rings. The maximum absolute atomic E-state index is 4.18. The van der Waals surface area contributed by atoms with Gasteiger partial charge in [0, 0.05) is 18.4 Å². The number of hydrogen-bond donors (Lipinski definition) is 0. The summed E-state index contributed by atoms with van der Waals surface area (Å²) in [5, 5.41) is 0. The van der Waals surface area contributed by atoms with Gasteiger partial charge >= 0.3 is 0 Å². The van der Waals surface area contributed by atoms with E-state index in [1.807, 2.05) is 12.5 Å². The molecule has 1 aromatic heterocycles. The van der Waals surface area contributed by atoms with Crippen molar-refractivity contribution in [3.8, 4) is 0 Å². The molecule has 0 saturated heterocycles. The predicted octanol–water partition coefficient (Wildman–Crippen LogP) is 2.58. The topological polar surface area (TPSA) is 17.8 Å². The minimum atomic E-state index is 0.655. The van der Waals surface area contributed by atoms with E-state index in [0.717, 1.165) is 19.4 Å². The summed E-state index contributed by atoms with van der Waals surface area (Å²) in [4.78, 5) is 4.18. The fourth-order valence-corrected chi connectivity index (χ4v) is 1.85. The van der Waals surface area contributed by atoms with E-state index in [2.05, 4.69) is 40.8 Å². The van der Waals surface area contributed by atoms with Crippen molar-refractivity contribution in [1.82, 2.24) is 9.55 Å². The van der Waals surface area contributed by atoms with E-state index in [-0.39, 0.29) is 0 Å². The highest BCUT2D eigenvalue weighted by Crippen LogP contribution is 2.17. The first-order chi connectivity index (χ1) is 6.90. The van der Waals surface area contributed by atoms with Crippen LogP contribution in [-0.2, 0) is 13.0 Å². The largest absolute Gasteiger partial charge is 0.335 e. The van der Waals surface area contributed by atoms with Crippen molar-refractivity contribution < 1.29 is 0 Å². The maximum Gasteiger partial charge on any atom is 0.0948 e. The normalized spacial score (nSPS) is 20.2. The Labute approximate surface area is 85.0 Å². The van der Waals surface area contributed by atoms with Gasteiger partial charge in [0.1, 0.15) is 0 Å². The zero-order valence-corrected chi connectivity index (χ0v) is 8.56. The summed E-state index contributed by atoms with van der Waals surface area (Å²) >= 11 is 0. The SMILES string of the molecule is CCn1cncc1CC1C=CC=CC1. The van der Waals surface area contributed by atoms with Gasteiger partial charge in [0.05, 0.1) is 6.33 Å². The van der Waals surface area contributed by atoms with E-state index in [9.17, 15) is 0 Å². The van der Waals surface area contributed by atoms with E-state index >= 15 is 0 Å². The highest BCUT2D eigenvalue weighted by atomic mass is 15.0. The second-order valence-electron chi connectivity index (χ2n) is 3.68. The maximum atomic E-state index is 4.18. The first kappa shape index (κ1) is 9.25. The second kappa shape index (κ2) is 4.27. The molecule has 1 aliphatic carbocycles. The number of allylic oxidation sites excluding steroid dienone is 4. The van der Waals surface area contributed by atoms with Crippen LogP contribution >= 0.6 is 0 Å². The Bertz CT molecular complexity index is 347. The molecule has 0 bridgehead atoms. The lowest BCUT2D eigenvalue weighted by molar-refractivity contribution is 0.604. The van der Waals surface area contributed by atoms with Crippen LogP contribution < -0.4 is 0 Å². The Morgan fingerprint density at radius 3 is 3.14 bits per heavy atom. The van der Waals surface area contributed by atoms with Crippen molar-refractivity contribution in [3.05, 3.63) is 42.5 Å². The number of aromatic nitrogens is 2. The highest BCUT2D eigenvalue weighted by molar-refractivity contribution is 5.13. The monoisotopic (exact) mass is 188 g/mol. The van der Waals surface area contributed by atoms with Crippen LogP contribution in [0.25, 0.3) is 0 Å². The molecule has 0 fully saturated rings. The fourth-order valence-electron chi connectivity index (χ4n) is 1.85. The summed E-state index contributed by atoms with van der Waals surface area (Å²) < 4.78 is 2.21. The molecule has 2 rings (SSSR count). The predicted molar refractivity (Wildman–Crippen MR) is 58.0 cm³/mol. The smallest absolute Gasteiger partial charge is 0.0948 e. The third kappa shape index (κ3) is 1.95. The molecule has 0 radical (unpaired) electrons. The van der Waals surface area contributed by atoms with Gasteiger partial charge in [0.15, 0.2) is 0 Å². The van der Waals surface area contributed by atoms with Crippen LogP contribution in [0.15, 0.2) is 36.8 Å². The average Bonchev–Trinajstić information content (AvgIpc) is 2.67. The number of hydrogen-bond acceptors (Lipinski definition) is 1. The molecule has 2 heteroatoms. The number of nitrogens with zero attached hydrogens (tertiary/aromatic N) is 2. The van der Waals surface area contributed by atoms with Gasteiger partial charge in [-0.3, -0.25) is 0 Å². The number of rotatable bonds is 3. The first-order valence-electron chi connectivity index (χ1n) is 5.22. The third-order valence-corrected chi connectivity index (χ3v) is 2.68. The molecule has 0 N–H and O–H groups in total. The van der Waals surface area contributed by atoms with Crippen molar-refractivity contribution in [3.63, 3.8) is 0 Å². The standard InChI is InChI=1S/C12H16N2/c1-2-14-10-13-9-12(14)8-11-6-4-3-5-7-11/h3-6,9-11H,2,7-8H2,1H3. The van der Waals surface area contributed by atoms with Crippen LogP contribution in [0.3, 0.4) is 0 Å². The highest BCUT2D eigenvalue weighted by Gasteiger charge is 2.09. The first-order valence-corrected chi connectivity index (χ1v) is 5.22. The van der Waals surface area contributed by atoms with Crippen LogP contribution in [0, 0.1) is 5.92 Å². The van der Waals surface area contributed by atoms with Gasteiger partial charge in [-0.25, -0.2) is 4.98 Å². The number of aryl methyl sites for hydroxylation is 1. The van der Waals surface area contributed by atoms with Crippen molar-refractivity contribution in [1.29, 1.82) is 0 Å². The van der Waals surface area contributed by atoms with E-state index < -0.39 is 0 Å². The summed E-state index contributed by atoms with van der Waals surface area (Å²) in [6.07, 6.45) is 14.9. The van der Waals surface area contributed by atoms with E-state index in [1.54, 1.807) is 0 Å². The lowest BCUT2D eigenvalue weighted by Gasteiger charge is -2.13. The molecule has 14 heavy (non-hydrogen) atoms. The average molecular weight is 188 g/mol. The van der Waals surface area contributed by atoms with Crippen molar-refractivity contribution >= 4 is 0 Å². The van der Waals surface area contributed by atoms with Crippen LogP contribution in [0.1, 0.15) is 19.0 Å². The van der Waals surface area contributed by atoms with E-state index in [1.165, 1.54) is 5.69 Å². The van der Waals surface area contributed by atoms with Crippen molar-refractivity contribution in [2.24, 2.45) is 5.92 Å². The zero-order valence-electron chi connectivity index (χ0n) is 8.56. The zero-order chi connectivity index (χ0) is 9.80. The summed E-state index contributed by atoms with van der Waals surface area (Å²) in [5.41, 5.74) is 1.34. The molecule has 0 aliphatic heterocycles. The molecule has 0 saturated carbocycles. The summed E-state index contributed by atoms with van der Waals surface area (Å²) in [6, 6.07) is 0. The quantitative estimate of drug-likeness (QED) is 0.713. The van der Waals surface area contributed by atoms with Crippen LogP contribution in [-0.4, -0.2) is 9.55 Å². The summed E-state index contributed by atoms with van der Waals surface area (Å²) in [6.45, 7) is 3.17. The van der Waals surface area contributed by atoms with Gasteiger partial charge in [-0.05, 0) is 25.7 Å². The number of imidazole rings is 1. The molecule has 74 valence electrons. The molecule has 1 atom stereocenters. The van der Waals surface area contributed by atoms with Gasteiger partial charge in [0.2, 0.25) is 0 Å². The molecule has 0 aromatic carbocycles. The van der Waals surface area contributed by atoms with Crippen LogP contribution in [0.5, 0.6) is 0 Å². The minimum absolute atomic E-state index is 0.655. The van der Waals surface area contributed by atoms with Crippen LogP contribution in [0.4, 0.5) is 0 Å². The lowest BCUT2D eigenvalue weighted by Crippen LogP contribution is -2.07. The molecule has 1 aromatic rings. The Morgan fingerprint density at radius 2 is 2.43 bits per heavy atom. The van der Waals surface area contributed by atoms with Crippen molar-refractivity contribution in [2.45, 2.75) is 26.3 Å². The van der Waals surface area contributed by atoms with Crippen LogP contribution in [0.2, 0.25) is 0 Å².